The van der Waals surface area contributed by atoms with Gasteiger partial charge in [0.1, 0.15) is 18.1 Å². The highest BCUT2D eigenvalue weighted by atomic mass is 35.5. The van der Waals surface area contributed by atoms with Crippen molar-refractivity contribution in [2.45, 2.75) is 27.0 Å². The van der Waals surface area contributed by atoms with Crippen LogP contribution in [0, 0.1) is 13.8 Å². The lowest BCUT2D eigenvalue weighted by Crippen LogP contribution is -2.03. The van der Waals surface area contributed by atoms with Gasteiger partial charge in [-0.3, -0.25) is 0 Å². The second-order valence-electron chi connectivity index (χ2n) is 4.05. The van der Waals surface area contributed by atoms with Crippen LogP contribution in [0.2, 0.25) is 5.02 Å². The SMILES string of the molecule is Cc1noc(C)c1COc1ccc(Cl)cc1CN. The summed E-state index contributed by atoms with van der Waals surface area (Å²) in [6.45, 7) is 4.55. The topological polar surface area (TPSA) is 61.3 Å². The number of benzene rings is 1. The van der Waals surface area contributed by atoms with Crippen molar-refractivity contribution < 1.29 is 9.26 Å². The van der Waals surface area contributed by atoms with Crippen LogP contribution in [0.15, 0.2) is 22.7 Å². The van der Waals surface area contributed by atoms with Crippen LogP contribution in [0.5, 0.6) is 5.75 Å². The van der Waals surface area contributed by atoms with Gasteiger partial charge in [-0.15, -0.1) is 0 Å². The van der Waals surface area contributed by atoms with Crippen molar-refractivity contribution in [3.8, 4) is 5.75 Å². The van der Waals surface area contributed by atoms with Crippen molar-refractivity contribution in [1.29, 1.82) is 0 Å². The number of halogens is 1. The molecule has 0 saturated heterocycles. The number of aromatic nitrogens is 1. The molecule has 2 aromatic rings. The van der Waals surface area contributed by atoms with Crippen molar-refractivity contribution >= 4 is 11.6 Å². The second kappa shape index (κ2) is 5.42. The number of hydrogen-bond donors (Lipinski definition) is 1. The summed E-state index contributed by atoms with van der Waals surface area (Å²) in [7, 11) is 0. The minimum Gasteiger partial charge on any atom is -0.488 e. The molecule has 1 aromatic heterocycles. The van der Waals surface area contributed by atoms with Gasteiger partial charge in [0.25, 0.3) is 0 Å². The van der Waals surface area contributed by atoms with E-state index in [1.165, 1.54) is 0 Å². The Morgan fingerprint density at radius 3 is 2.78 bits per heavy atom. The van der Waals surface area contributed by atoms with Gasteiger partial charge in [0.15, 0.2) is 0 Å². The van der Waals surface area contributed by atoms with Gasteiger partial charge in [-0.1, -0.05) is 16.8 Å². The second-order valence-corrected chi connectivity index (χ2v) is 4.48. The average molecular weight is 267 g/mol. The lowest BCUT2D eigenvalue weighted by atomic mass is 10.2. The molecule has 0 fully saturated rings. The maximum Gasteiger partial charge on any atom is 0.140 e. The molecule has 1 aromatic carbocycles. The van der Waals surface area contributed by atoms with E-state index in [-0.39, 0.29) is 0 Å². The number of hydrogen-bond acceptors (Lipinski definition) is 4. The first-order valence-corrected chi connectivity index (χ1v) is 6.02. The maximum absolute atomic E-state index is 5.91. The van der Waals surface area contributed by atoms with E-state index in [0.29, 0.717) is 18.2 Å². The van der Waals surface area contributed by atoms with Crippen molar-refractivity contribution in [3.05, 3.63) is 45.8 Å². The van der Waals surface area contributed by atoms with Crippen LogP contribution in [0.3, 0.4) is 0 Å². The summed E-state index contributed by atoms with van der Waals surface area (Å²) >= 11 is 5.91. The largest absolute Gasteiger partial charge is 0.488 e. The average Bonchev–Trinajstić information content (AvgIpc) is 2.68. The summed E-state index contributed by atoms with van der Waals surface area (Å²) in [5.74, 6) is 1.51. The van der Waals surface area contributed by atoms with Crippen LogP contribution >= 0.6 is 11.6 Å². The number of nitrogens with zero attached hydrogens (tertiary/aromatic N) is 1. The fraction of sp³-hybridized carbons (Fsp3) is 0.308. The van der Waals surface area contributed by atoms with Gasteiger partial charge in [0, 0.05) is 17.1 Å². The quantitative estimate of drug-likeness (QED) is 0.924. The van der Waals surface area contributed by atoms with E-state index < -0.39 is 0 Å². The first-order valence-electron chi connectivity index (χ1n) is 5.65. The Hall–Kier alpha value is -1.52. The molecule has 0 saturated carbocycles. The number of rotatable bonds is 4. The third kappa shape index (κ3) is 2.66. The summed E-state index contributed by atoms with van der Waals surface area (Å²) in [5, 5.41) is 4.54. The summed E-state index contributed by atoms with van der Waals surface area (Å²) in [6.07, 6.45) is 0. The van der Waals surface area contributed by atoms with Crippen molar-refractivity contribution in [2.75, 3.05) is 0 Å². The van der Waals surface area contributed by atoms with E-state index in [4.69, 9.17) is 26.6 Å². The van der Waals surface area contributed by atoms with Crippen LogP contribution in [0.25, 0.3) is 0 Å². The fourth-order valence-corrected chi connectivity index (χ4v) is 1.90. The number of nitrogens with two attached hydrogens (primary N) is 1. The Labute approximate surface area is 111 Å². The molecule has 0 bridgehead atoms. The van der Waals surface area contributed by atoms with Crippen LogP contribution in [-0.2, 0) is 13.2 Å². The van der Waals surface area contributed by atoms with E-state index in [1.807, 2.05) is 26.0 Å². The molecule has 0 unspecified atom stereocenters. The van der Waals surface area contributed by atoms with E-state index >= 15 is 0 Å². The van der Waals surface area contributed by atoms with Crippen LogP contribution in [-0.4, -0.2) is 5.16 Å². The molecule has 0 amide bonds. The summed E-state index contributed by atoms with van der Waals surface area (Å²) in [6, 6.07) is 5.41. The van der Waals surface area contributed by atoms with Crippen LogP contribution in [0.1, 0.15) is 22.6 Å². The third-order valence-electron chi connectivity index (χ3n) is 2.80. The highest BCUT2D eigenvalue weighted by Crippen LogP contribution is 2.24. The molecule has 0 aliphatic rings. The minimum atomic E-state index is 0.386. The van der Waals surface area contributed by atoms with Crippen molar-refractivity contribution in [3.63, 3.8) is 0 Å². The summed E-state index contributed by atoms with van der Waals surface area (Å²) in [4.78, 5) is 0. The van der Waals surface area contributed by atoms with E-state index in [0.717, 1.165) is 28.3 Å². The lowest BCUT2D eigenvalue weighted by Gasteiger charge is -2.10. The molecule has 0 atom stereocenters. The van der Waals surface area contributed by atoms with Gasteiger partial charge < -0.3 is 15.0 Å². The summed E-state index contributed by atoms with van der Waals surface area (Å²) in [5.41, 5.74) is 8.35. The number of ether oxygens (including phenoxy) is 1. The molecule has 1 heterocycles. The predicted molar refractivity (Wildman–Crippen MR) is 69.7 cm³/mol. The van der Waals surface area contributed by atoms with E-state index in [2.05, 4.69) is 5.16 Å². The predicted octanol–water partition coefficient (Wildman–Crippen LogP) is 2.98. The molecule has 0 spiro atoms. The highest BCUT2D eigenvalue weighted by molar-refractivity contribution is 6.30. The Morgan fingerprint density at radius 1 is 1.39 bits per heavy atom. The lowest BCUT2D eigenvalue weighted by molar-refractivity contribution is 0.298. The molecule has 2 rings (SSSR count). The molecule has 0 aliphatic carbocycles. The van der Waals surface area contributed by atoms with Crippen LogP contribution in [0.4, 0.5) is 0 Å². The smallest absolute Gasteiger partial charge is 0.140 e. The molecule has 96 valence electrons. The molecular weight excluding hydrogens is 252 g/mol. The standard InChI is InChI=1S/C13H15ClN2O2/c1-8-12(9(2)18-16-8)7-17-13-4-3-11(14)5-10(13)6-15/h3-5H,6-7,15H2,1-2H3. The minimum absolute atomic E-state index is 0.386. The fourth-order valence-electron chi connectivity index (χ4n) is 1.71. The van der Waals surface area contributed by atoms with Crippen molar-refractivity contribution in [1.82, 2.24) is 5.16 Å². The van der Waals surface area contributed by atoms with Crippen molar-refractivity contribution in [2.24, 2.45) is 5.73 Å². The van der Waals surface area contributed by atoms with Gasteiger partial charge in [0.05, 0.1) is 11.3 Å². The van der Waals surface area contributed by atoms with Gasteiger partial charge in [0.2, 0.25) is 0 Å². The highest BCUT2D eigenvalue weighted by Gasteiger charge is 2.11. The molecule has 0 aliphatic heterocycles. The molecule has 18 heavy (non-hydrogen) atoms. The van der Waals surface area contributed by atoms with Gasteiger partial charge >= 0.3 is 0 Å². The third-order valence-corrected chi connectivity index (χ3v) is 3.03. The van der Waals surface area contributed by atoms with Gasteiger partial charge in [-0.05, 0) is 32.0 Å². The monoisotopic (exact) mass is 266 g/mol. The Bertz CT molecular complexity index is 532. The maximum atomic E-state index is 5.91. The molecule has 0 radical (unpaired) electrons. The van der Waals surface area contributed by atoms with E-state index in [9.17, 15) is 0 Å². The van der Waals surface area contributed by atoms with Gasteiger partial charge in [-0.2, -0.15) is 0 Å². The van der Waals surface area contributed by atoms with Crippen LogP contribution < -0.4 is 10.5 Å². The summed E-state index contributed by atoms with van der Waals surface area (Å²) < 4.78 is 10.8. The Morgan fingerprint density at radius 2 is 2.17 bits per heavy atom. The Balaban J connectivity index is 2.15. The number of aryl methyl sites for hydroxylation is 2. The molecule has 5 heteroatoms. The van der Waals surface area contributed by atoms with E-state index in [1.54, 1.807) is 6.07 Å². The molecule has 2 N–H and O–H groups in total. The first kappa shape index (κ1) is 12.9. The normalized spacial score (nSPS) is 10.7. The molecular formula is C13H15ClN2O2. The molecule has 4 nitrogen and oxygen atoms in total. The zero-order valence-electron chi connectivity index (χ0n) is 10.4. The Kier molecular flexibility index (Phi) is 3.89. The van der Waals surface area contributed by atoms with Gasteiger partial charge in [-0.25, -0.2) is 0 Å². The zero-order valence-corrected chi connectivity index (χ0v) is 11.1. The first-order chi connectivity index (χ1) is 8.61. The zero-order chi connectivity index (χ0) is 13.1.